The Balaban J connectivity index is 1.23. The highest BCUT2D eigenvalue weighted by Crippen LogP contribution is 2.41. The van der Waals surface area contributed by atoms with E-state index in [1.807, 2.05) is 31.2 Å². The van der Waals surface area contributed by atoms with Crippen molar-refractivity contribution < 1.29 is 14.3 Å². The Hall–Kier alpha value is -3.07. The minimum Gasteiger partial charge on any atom is -0.494 e. The molecule has 1 saturated carbocycles. The Morgan fingerprint density at radius 1 is 1.27 bits per heavy atom. The molecule has 1 unspecified atom stereocenters. The molecule has 1 amide bonds. The van der Waals surface area contributed by atoms with Crippen molar-refractivity contribution in [1.82, 2.24) is 25.1 Å². The largest absolute Gasteiger partial charge is 0.494 e. The molecule has 0 bridgehead atoms. The third-order valence-corrected chi connectivity index (χ3v) is 6.65. The van der Waals surface area contributed by atoms with E-state index in [1.54, 1.807) is 12.4 Å². The highest BCUT2D eigenvalue weighted by atomic mass is 32.2. The molecule has 9 heteroatoms. The molecule has 1 aliphatic heterocycles. The zero-order valence-electron chi connectivity index (χ0n) is 18.8. The van der Waals surface area contributed by atoms with Gasteiger partial charge >= 0.3 is 0 Å². The molecule has 0 saturated heterocycles. The van der Waals surface area contributed by atoms with Crippen molar-refractivity contribution in [3.8, 4) is 22.9 Å². The van der Waals surface area contributed by atoms with E-state index in [0.717, 1.165) is 58.4 Å². The lowest BCUT2D eigenvalue weighted by atomic mass is 10.1. The van der Waals surface area contributed by atoms with Gasteiger partial charge in [0.1, 0.15) is 17.6 Å². The molecule has 2 aromatic heterocycles. The summed E-state index contributed by atoms with van der Waals surface area (Å²) in [5.41, 5.74) is 3.06. The Labute approximate surface area is 197 Å². The van der Waals surface area contributed by atoms with Gasteiger partial charge in [-0.05, 0) is 51.0 Å². The molecule has 1 aromatic carbocycles. The minimum absolute atomic E-state index is 0.0620. The lowest BCUT2D eigenvalue weighted by Gasteiger charge is -2.13. The number of aromatic nitrogens is 4. The van der Waals surface area contributed by atoms with Crippen LogP contribution in [0.1, 0.15) is 43.9 Å². The fourth-order valence-corrected chi connectivity index (χ4v) is 4.86. The molecular weight excluding hydrogens is 438 g/mol. The SMILES string of the molecule is CCOc1cc2c(cc1CNC(=O)CSc1nnc(-c3ccncc3)n1C1CC1)OC(C)C2. The number of fused-ring (bicyclic) bond motifs is 1. The highest BCUT2D eigenvalue weighted by molar-refractivity contribution is 7.99. The number of nitrogens with zero attached hydrogens (tertiary/aromatic N) is 4. The van der Waals surface area contributed by atoms with Crippen LogP contribution in [0.4, 0.5) is 0 Å². The van der Waals surface area contributed by atoms with Gasteiger partial charge in [-0.3, -0.25) is 14.3 Å². The fraction of sp³-hybridized carbons (Fsp3) is 0.417. The number of hydrogen-bond donors (Lipinski definition) is 1. The Morgan fingerprint density at radius 2 is 2.09 bits per heavy atom. The molecule has 2 aliphatic rings. The second-order valence-corrected chi connectivity index (χ2v) is 9.28. The first-order valence-electron chi connectivity index (χ1n) is 11.3. The lowest BCUT2D eigenvalue weighted by Crippen LogP contribution is -2.25. The number of carbonyl (C=O) groups excluding carboxylic acids is 1. The van der Waals surface area contributed by atoms with Crippen LogP contribution >= 0.6 is 11.8 Å². The van der Waals surface area contributed by atoms with E-state index in [9.17, 15) is 4.79 Å². The molecular formula is C24H27N5O3S. The van der Waals surface area contributed by atoms with E-state index in [0.29, 0.717) is 19.2 Å². The van der Waals surface area contributed by atoms with Crippen LogP contribution in [0.25, 0.3) is 11.4 Å². The summed E-state index contributed by atoms with van der Waals surface area (Å²) in [6.45, 7) is 4.97. The van der Waals surface area contributed by atoms with Crippen molar-refractivity contribution in [2.24, 2.45) is 0 Å². The van der Waals surface area contributed by atoms with E-state index in [2.05, 4.69) is 32.0 Å². The van der Waals surface area contributed by atoms with E-state index in [4.69, 9.17) is 9.47 Å². The summed E-state index contributed by atoms with van der Waals surface area (Å²) >= 11 is 1.41. The molecule has 0 spiro atoms. The molecule has 3 aromatic rings. The topological polar surface area (TPSA) is 91.2 Å². The number of carbonyl (C=O) groups is 1. The van der Waals surface area contributed by atoms with E-state index < -0.39 is 0 Å². The van der Waals surface area contributed by atoms with Gasteiger partial charge in [0.2, 0.25) is 5.91 Å². The van der Waals surface area contributed by atoms with Crippen LogP contribution in [0, 0.1) is 0 Å². The molecule has 172 valence electrons. The van der Waals surface area contributed by atoms with Gasteiger partial charge in [-0.2, -0.15) is 0 Å². The monoisotopic (exact) mass is 465 g/mol. The van der Waals surface area contributed by atoms with Crippen LogP contribution in [0.2, 0.25) is 0 Å². The molecule has 1 N–H and O–H groups in total. The van der Waals surface area contributed by atoms with Crippen LogP contribution in [-0.4, -0.2) is 44.1 Å². The summed E-state index contributed by atoms with van der Waals surface area (Å²) in [7, 11) is 0. The van der Waals surface area contributed by atoms with Crippen molar-refractivity contribution in [3.05, 3.63) is 47.8 Å². The smallest absolute Gasteiger partial charge is 0.230 e. The lowest BCUT2D eigenvalue weighted by molar-refractivity contribution is -0.118. The average molecular weight is 466 g/mol. The zero-order valence-corrected chi connectivity index (χ0v) is 19.6. The van der Waals surface area contributed by atoms with Gasteiger partial charge in [0.05, 0.1) is 12.4 Å². The van der Waals surface area contributed by atoms with Crippen LogP contribution < -0.4 is 14.8 Å². The van der Waals surface area contributed by atoms with Crippen molar-refractivity contribution >= 4 is 17.7 Å². The maximum Gasteiger partial charge on any atom is 0.230 e. The zero-order chi connectivity index (χ0) is 22.8. The van der Waals surface area contributed by atoms with Crippen LogP contribution in [0.15, 0.2) is 41.8 Å². The average Bonchev–Trinajstić information content (AvgIpc) is 3.46. The predicted octanol–water partition coefficient (Wildman–Crippen LogP) is 3.81. The van der Waals surface area contributed by atoms with Crippen molar-refractivity contribution in [1.29, 1.82) is 0 Å². The van der Waals surface area contributed by atoms with E-state index >= 15 is 0 Å². The molecule has 1 fully saturated rings. The van der Waals surface area contributed by atoms with Crippen molar-refractivity contribution in [2.45, 2.75) is 57.0 Å². The van der Waals surface area contributed by atoms with Gasteiger partial charge < -0.3 is 14.8 Å². The summed E-state index contributed by atoms with van der Waals surface area (Å²) in [6.07, 6.45) is 6.76. The number of pyridine rings is 1. The summed E-state index contributed by atoms with van der Waals surface area (Å²) in [6, 6.07) is 8.29. The highest BCUT2D eigenvalue weighted by Gasteiger charge is 2.30. The predicted molar refractivity (Wildman–Crippen MR) is 125 cm³/mol. The van der Waals surface area contributed by atoms with Gasteiger partial charge in [-0.1, -0.05) is 11.8 Å². The molecule has 5 rings (SSSR count). The van der Waals surface area contributed by atoms with Crippen molar-refractivity contribution in [3.63, 3.8) is 0 Å². The Bertz CT molecular complexity index is 1150. The summed E-state index contributed by atoms with van der Waals surface area (Å²) < 4.78 is 13.8. The fourth-order valence-electron chi connectivity index (χ4n) is 4.02. The van der Waals surface area contributed by atoms with Crippen molar-refractivity contribution in [2.75, 3.05) is 12.4 Å². The second kappa shape index (κ2) is 9.43. The molecule has 33 heavy (non-hydrogen) atoms. The second-order valence-electron chi connectivity index (χ2n) is 8.34. The number of amides is 1. The maximum atomic E-state index is 12.6. The first-order chi connectivity index (χ1) is 16.1. The molecule has 1 atom stereocenters. The number of hydrogen-bond acceptors (Lipinski definition) is 7. The first kappa shape index (κ1) is 21.8. The quantitative estimate of drug-likeness (QED) is 0.481. The first-order valence-corrected chi connectivity index (χ1v) is 12.3. The van der Waals surface area contributed by atoms with Gasteiger partial charge in [0.15, 0.2) is 11.0 Å². The number of benzene rings is 1. The molecule has 1 aliphatic carbocycles. The van der Waals surface area contributed by atoms with E-state index in [1.165, 1.54) is 11.8 Å². The Kier molecular flexibility index (Phi) is 6.22. The van der Waals surface area contributed by atoms with Crippen LogP contribution in [0.5, 0.6) is 11.5 Å². The summed E-state index contributed by atoms with van der Waals surface area (Å²) in [4.78, 5) is 16.7. The molecule has 3 heterocycles. The van der Waals surface area contributed by atoms with Crippen LogP contribution in [0.3, 0.4) is 0 Å². The van der Waals surface area contributed by atoms with Gasteiger partial charge in [-0.25, -0.2) is 0 Å². The van der Waals surface area contributed by atoms with E-state index in [-0.39, 0.29) is 17.8 Å². The third-order valence-electron chi connectivity index (χ3n) is 5.70. The summed E-state index contributed by atoms with van der Waals surface area (Å²) in [5.74, 6) is 2.72. The minimum atomic E-state index is -0.0620. The number of rotatable bonds is 9. The third kappa shape index (κ3) is 4.83. The molecule has 8 nitrogen and oxygen atoms in total. The Morgan fingerprint density at radius 3 is 2.85 bits per heavy atom. The van der Waals surface area contributed by atoms with Gasteiger partial charge in [0, 0.05) is 48.1 Å². The maximum absolute atomic E-state index is 12.6. The van der Waals surface area contributed by atoms with Gasteiger partial charge in [0.25, 0.3) is 0 Å². The molecule has 0 radical (unpaired) electrons. The number of ether oxygens (including phenoxy) is 2. The standard InChI is InChI=1S/C24H27N5O3S/c1-3-31-20-11-17-10-15(2)32-21(17)12-18(20)13-26-22(30)14-33-24-28-27-23(29(24)19-4-5-19)16-6-8-25-9-7-16/h6-9,11-12,15,19H,3-5,10,13-14H2,1-2H3,(H,26,30). The normalized spacial score (nSPS) is 16.8. The number of thioether (sulfide) groups is 1. The summed E-state index contributed by atoms with van der Waals surface area (Å²) in [5, 5.41) is 12.5. The number of nitrogens with one attached hydrogen (secondary N) is 1. The van der Waals surface area contributed by atoms with Gasteiger partial charge in [-0.15, -0.1) is 10.2 Å². The van der Waals surface area contributed by atoms with Crippen LogP contribution in [-0.2, 0) is 17.8 Å².